The van der Waals surface area contributed by atoms with Crippen molar-refractivity contribution >= 4 is 11.1 Å². The fourth-order valence-electron chi connectivity index (χ4n) is 2.25. The van der Waals surface area contributed by atoms with E-state index in [1.807, 2.05) is 18.2 Å². The van der Waals surface area contributed by atoms with Crippen molar-refractivity contribution in [3.63, 3.8) is 0 Å². The highest BCUT2D eigenvalue weighted by molar-refractivity contribution is 5.73. The molecule has 0 saturated carbocycles. The molecule has 2 heterocycles. The lowest BCUT2D eigenvalue weighted by atomic mass is 9.87. The second kappa shape index (κ2) is 3.22. The lowest BCUT2D eigenvalue weighted by Gasteiger charge is -2.35. The Kier molecular flexibility index (Phi) is 1.94. The van der Waals surface area contributed by atoms with Crippen LogP contribution < -0.4 is 11.1 Å². The smallest absolute Gasteiger partial charge is 0.408 e. The molecule has 0 bridgehead atoms. The summed E-state index contributed by atoms with van der Waals surface area (Å²) in [7, 11) is 1.73. The van der Waals surface area contributed by atoms with E-state index in [-0.39, 0.29) is 5.76 Å². The van der Waals surface area contributed by atoms with E-state index in [0.29, 0.717) is 17.5 Å². The van der Waals surface area contributed by atoms with Gasteiger partial charge in [-0.25, -0.2) is 4.79 Å². The summed E-state index contributed by atoms with van der Waals surface area (Å²) in [6.07, 6.45) is 0. The monoisotopic (exact) mass is 218 g/mol. The first-order chi connectivity index (χ1) is 7.66. The van der Waals surface area contributed by atoms with E-state index in [1.54, 1.807) is 11.6 Å². The molecule has 0 spiro atoms. The van der Waals surface area contributed by atoms with Crippen LogP contribution in [0.3, 0.4) is 0 Å². The molecule has 1 fully saturated rings. The molecule has 1 saturated heterocycles. The summed E-state index contributed by atoms with van der Waals surface area (Å²) in [6, 6.07) is 6.35. The minimum atomic E-state index is -0.304. The first-order valence-corrected chi connectivity index (χ1v) is 5.49. The van der Waals surface area contributed by atoms with E-state index in [2.05, 4.69) is 12.2 Å². The highest BCUT2D eigenvalue weighted by atomic mass is 16.4. The molecular weight excluding hydrogens is 204 g/mol. The van der Waals surface area contributed by atoms with Crippen molar-refractivity contribution in [1.29, 1.82) is 0 Å². The summed E-state index contributed by atoms with van der Waals surface area (Å²) in [5.74, 6) is 0.350. The number of nitrogens with one attached hydrogen (secondary N) is 1. The number of oxazole rings is 1. The molecule has 0 radical (unpaired) electrons. The first kappa shape index (κ1) is 9.66. The zero-order valence-corrected chi connectivity index (χ0v) is 9.36. The molecule has 1 aromatic heterocycles. The molecule has 16 heavy (non-hydrogen) atoms. The molecule has 0 aliphatic carbocycles. The topological polar surface area (TPSA) is 47.2 Å². The Morgan fingerprint density at radius 1 is 1.50 bits per heavy atom. The number of benzene rings is 1. The molecule has 84 valence electrons. The molecule has 4 nitrogen and oxygen atoms in total. The summed E-state index contributed by atoms with van der Waals surface area (Å²) in [6.45, 7) is 3.28. The first-order valence-electron chi connectivity index (χ1n) is 5.49. The maximum atomic E-state index is 11.3. The van der Waals surface area contributed by atoms with Crippen molar-refractivity contribution in [2.75, 3.05) is 6.54 Å². The summed E-state index contributed by atoms with van der Waals surface area (Å²) in [5, 5.41) is 3.38. The number of aromatic nitrogens is 1. The van der Waals surface area contributed by atoms with Crippen molar-refractivity contribution in [3.8, 4) is 0 Å². The second-order valence-corrected chi connectivity index (χ2v) is 4.52. The molecule has 1 aromatic carbocycles. The highest BCUT2D eigenvalue weighted by Crippen LogP contribution is 2.30. The van der Waals surface area contributed by atoms with E-state index in [4.69, 9.17) is 4.42 Å². The van der Waals surface area contributed by atoms with E-state index in [9.17, 15) is 4.79 Å². The third-order valence-electron chi connectivity index (χ3n) is 3.40. The van der Waals surface area contributed by atoms with Gasteiger partial charge in [0.1, 0.15) is 0 Å². The lowest BCUT2D eigenvalue weighted by Crippen LogP contribution is -2.43. The van der Waals surface area contributed by atoms with Crippen molar-refractivity contribution in [1.82, 2.24) is 9.88 Å². The molecular formula is C12H14N2O2. The van der Waals surface area contributed by atoms with Gasteiger partial charge in [0.2, 0.25) is 0 Å². The van der Waals surface area contributed by atoms with Gasteiger partial charge in [-0.3, -0.25) is 4.57 Å². The van der Waals surface area contributed by atoms with Gasteiger partial charge in [0.15, 0.2) is 5.58 Å². The van der Waals surface area contributed by atoms with Gasteiger partial charge in [-0.1, -0.05) is 13.0 Å². The number of hydrogen-bond donors (Lipinski definition) is 1. The fourth-order valence-corrected chi connectivity index (χ4v) is 2.25. The fraction of sp³-hybridized carbons (Fsp3) is 0.417. The molecule has 2 unspecified atom stereocenters. The van der Waals surface area contributed by atoms with Gasteiger partial charge in [0.05, 0.1) is 5.52 Å². The summed E-state index contributed by atoms with van der Waals surface area (Å²) < 4.78 is 6.64. The second-order valence-electron chi connectivity index (χ2n) is 4.52. The third-order valence-corrected chi connectivity index (χ3v) is 3.40. The summed E-state index contributed by atoms with van der Waals surface area (Å²) in [5.41, 5.74) is 2.74. The highest BCUT2D eigenvalue weighted by Gasteiger charge is 2.27. The molecule has 3 rings (SSSR count). The van der Waals surface area contributed by atoms with Gasteiger partial charge >= 0.3 is 5.76 Å². The minimum absolute atomic E-state index is 0.304. The van der Waals surface area contributed by atoms with E-state index in [0.717, 1.165) is 12.1 Å². The van der Waals surface area contributed by atoms with Crippen LogP contribution in [0.15, 0.2) is 27.4 Å². The van der Waals surface area contributed by atoms with Crippen molar-refractivity contribution in [3.05, 3.63) is 34.3 Å². The van der Waals surface area contributed by atoms with E-state index >= 15 is 0 Å². The van der Waals surface area contributed by atoms with Crippen molar-refractivity contribution in [2.24, 2.45) is 13.0 Å². The number of aryl methyl sites for hydroxylation is 1. The van der Waals surface area contributed by atoms with Crippen molar-refractivity contribution < 1.29 is 4.42 Å². The Bertz CT molecular complexity index is 597. The number of rotatable bonds is 1. The van der Waals surface area contributed by atoms with Gasteiger partial charge < -0.3 is 9.73 Å². The number of fused-ring (bicyclic) bond motifs is 1. The van der Waals surface area contributed by atoms with Crippen LogP contribution in [0.1, 0.15) is 18.5 Å². The van der Waals surface area contributed by atoms with Crippen molar-refractivity contribution in [2.45, 2.75) is 13.0 Å². The van der Waals surface area contributed by atoms with Gasteiger partial charge in [0.25, 0.3) is 0 Å². The van der Waals surface area contributed by atoms with Crippen LogP contribution in [0.2, 0.25) is 0 Å². The molecule has 2 aromatic rings. The predicted octanol–water partition coefficient (Wildman–Crippen LogP) is 1.41. The van der Waals surface area contributed by atoms with Gasteiger partial charge in [0, 0.05) is 19.6 Å². The van der Waals surface area contributed by atoms with E-state index < -0.39 is 0 Å². The molecule has 2 atom stereocenters. The Balaban J connectivity index is 2.14. The Morgan fingerprint density at radius 3 is 2.94 bits per heavy atom. The maximum Gasteiger partial charge on any atom is 0.419 e. The van der Waals surface area contributed by atoms with Crippen LogP contribution in [0.4, 0.5) is 0 Å². The summed E-state index contributed by atoms with van der Waals surface area (Å²) >= 11 is 0. The molecule has 1 aliphatic rings. The van der Waals surface area contributed by atoms with Gasteiger partial charge in [-0.05, 0) is 23.6 Å². The zero-order valence-electron chi connectivity index (χ0n) is 9.36. The largest absolute Gasteiger partial charge is 0.419 e. The van der Waals surface area contributed by atoms with Crippen LogP contribution in [0.25, 0.3) is 11.1 Å². The SMILES string of the molecule is CC1CNC1c1ccc2oc(=O)n(C)c2c1. The predicted molar refractivity (Wildman–Crippen MR) is 61.4 cm³/mol. The average molecular weight is 218 g/mol. The Hall–Kier alpha value is -1.55. The Morgan fingerprint density at radius 2 is 2.31 bits per heavy atom. The quantitative estimate of drug-likeness (QED) is 0.787. The van der Waals surface area contributed by atoms with Crippen LogP contribution in [-0.2, 0) is 7.05 Å². The van der Waals surface area contributed by atoms with Crippen LogP contribution in [0.5, 0.6) is 0 Å². The molecule has 1 N–H and O–H groups in total. The molecule has 4 heteroatoms. The minimum Gasteiger partial charge on any atom is -0.408 e. The number of nitrogens with zero attached hydrogens (tertiary/aromatic N) is 1. The zero-order chi connectivity index (χ0) is 11.3. The van der Waals surface area contributed by atoms with Crippen LogP contribution in [0, 0.1) is 5.92 Å². The van der Waals surface area contributed by atoms with Crippen LogP contribution in [-0.4, -0.2) is 11.1 Å². The normalized spacial score (nSPS) is 24.6. The lowest BCUT2D eigenvalue weighted by molar-refractivity contribution is 0.258. The summed E-state index contributed by atoms with van der Waals surface area (Å²) in [4.78, 5) is 11.3. The maximum absolute atomic E-state index is 11.3. The standard InChI is InChI=1S/C12H14N2O2/c1-7-6-13-11(7)8-3-4-10-9(5-8)14(2)12(15)16-10/h3-5,7,11,13H,6H2,1-2H3. The Labute approximate surface area is 92.9 Å². The number of hydrogen-bond acceptors (Lipinski definition) is 3. The molecule has 1 aliphatic heterocycles. The van der Waals surface area contributed by atoms with E-state index in [1.165, 1.54) is 5.56 Å². The van der Waals surface area contributed by atoms with Gasteiger partial charge in [-0.2, -0.15) is 0 Å². The average Bonchev–Trinajstić information content (AvgIpc) is 2.54. The molecule has 0 amide bonds. The third kappa shape index (κ3) is 1.23. The van der Waals surface area contributed by atoms with Gasteiger partial charge in [-0.15, -0.1) is 0 Å². The van der Waals surface area contributed by atoms with Crippen LogP contribution >= 0.6 is 0 Å².